The molecule has 0 aromatic carbocycles. The number of thioether (sulfide) groups is 1. The first-order chi connectivity index (χ1) is 8.44. The van der Waals surface area contributed by atoms with Crippen LogP contribution in [-0.2, 0) is 9.84 Å². The first-order valence-corrected chi connectivity index (χ1v) is 9.00. The number of rotatable bonds is 7. The summed E-state index contributed by atoms with van der Waals surface area (Å²) in [5.74, 6) is 0.759. The molecule has 2 unspecified atom stereocenters. The highest BCUT2D eigenvalue weighted by Gasteiger charge is 2.19. The van der Waals surface area contributed by atoms with E-state index in [0.717, 1.165) is 12.0 Å². The van der Waals surface area contributed by atoms with Crippen LogP contribution in [0.1, 0.15) is 24.2 Å². The molecule has 0 aliphatic carbocycles. The van der Waals surface area contributed by atoms with Crippen molar-refractivity contribution in [2.45, 2.75) is 24.6 Å². The van der Waals surface area contributed by atoms with Gasteiger partial charge in [0, 0.05) is 35.7 Å². The molecule has 1 rings (SSSR count). The van der Waals surface area contributed by atoms with Crippen LogP contribution in [-0.4, -0.2) is 37.2 Å². The zero-order valence-electron chi connectivity index (χ0n) is 10.7. The van der Waals surface area contributed by atoms with E-state index >= 15 is 0 Å². The van der Waals surface area contributed by atoms with E-state index in [1.807, 2.05) is 19.1 Å². The lowest BCUT2D eigenvalue weighted by molar-refractivity contribution is 0.603. The Balaban J connectivity index is 2.69. The second-order valence-corrected chi connectivity index (χ2v) is 7.78. The molecule has 1 aromatic rings. The second-order valence-electron chi connectivity index (χ2n) is 4.27. The standard InChI is InChI=1S/C12H20N2O2S2/c1-3-11(13)12(10-4-6-14-7-5-10)17-8-9-18(2,15)16/h4-7,11-12H,3,8-9,13H2,1-2H3. The Labute approximate surface area is 113 Å². The quantitative estimate of drug-likeness (QED) is 0.825. The second kappa shape index (κ2) is 7.11. The van der Waals surface area contributed by atoms with Crippen molar-refractivity contribution in [3.05, 3.63) is 30.1 Å². The molecule has 2 N–H and O–H groups in total. The van der Waals surface area contributed by atoms with E-state index in [4.69, 9.17) is 5.73 Å². The molecule has 0 saturated carbocycles. The maximum absolute atomic E-state index is 11.1. The molecule has 0 radical (unpaired) electrons. The number of hydrogen-bond donors (Lipinski definition) is 1. The number of sulfone groups is 1. The zero-order valence-corrected chi connectivity index (χ0v) is 12.4. The van der Waals surface area contributed by atoms with Gasteiger partial charge in [-0.3, -0.25) is 4.98 Å². The summed E-state index contributed by atoms with van der Waals surface area (Å²) in [5, 5.41) is 0.125. The minimum atomic E-state index is -2.91. The van der Waals surface area contributed by atoms with Crippen LogP contribution < -0.4 is 5.73 Å². The van der Waals surface area contributed by atoms with Crippen LogP contribution in [0, 0.1) is 0 Å². The molecule has 0 saturated heterocycles. The molecule has 102 valence electrons. The molecule has 0 spiro atoms. The van der Waals surface area contributed by atoms with Crippen molar-refractivity contribution >= 4 is 21.6 Å². The first-order valence-electron chi connectivity index (χ1n) is 5.89. The average molecular weight is 288 g/mol. The number of aromatic nitrogens is 1. The number of hydrogen-bond acceptors (Lipinski definition) is 5. The predicted molar refractivity (Wildman–Crippen MR) is 77.4 cm³/mol. The molecule has 0 bridgehead atoms. The number of pyridine rings is 1. The minimum absolute atomic E-state index is 0.0250. The Bertz CT molecular complexity index is 448. The molecule has 0 aliphatic heterocycles. The Morgan fingerprint density at radius 3 is 2.50 bits per heavy atom. The molecule has 4 nitrogen and oxygen atoms in total. The summed E-state index contributed by atoms with van der Waals surface area (Å²) in [5.41, 5.74) is 7.22. The summed E-state index contributed by atoms with van der Waals surface area (Å²) in [6, 6.07) is 3.90. The van der Waals surface area contributed by atoms with Crippen molar-refractivity contribution in [2.75, 3.05) is 17.8 Å². The highest BCUT2D eigenvalue weighted by atomic mass is 32.2. The van der Waals surface area contributed by atoms with Crippen molar-refractivity contribution in [1.82, 2.24) is 4.98 Å². The van der Waals surface area contributed by atoms with Gasteiger partial charge in [0.1, 0.15) is 9.84 Å². The Morgan fingerprint density at radius 2 is 2.00 bits per heavy atom. The maximum Gasteiger partial charge on any atom is 0.148 e. The van der Waals surface area contributed by atoms with Crippen LogP contribution in [0.2, 0.25) is 0 Å². The molecule has 18 heavy (non-hydrogen) atoms. The largest absolute Gasteiger partial charge is 0.326 e. The number of nitrogens with zero attached hydrogens (tertiary/aromatic N) is 1. The minimum Gasteiger partial charge on any atom is -0.326 e. The van der Waals surface area contributed by atoms with Crippen LogP contribution in [0.4, 0.5) is 0 Å². The van der Waals surface area contributed by atoms with Gasteiger partial charge in [-0.2, -0.15) is 11.8 Å². The fourth-order valence-electron chi connectivity index (χ4n) is 1.56. The van der Waals surface area contributed by atoms with Crippen LogP contribution in [0.25, 0.3) is 0 Å². The van der Waals surface area contributed by atoms with E-state index in [-0.39, 0.29) is 17.0 Å². The van der Waals surface area contributed by atoms with Gasteiger partial charge in [0.2, 0.25) is 0 Å². The lowest BCUT2D eigenvalue weighted by atomic mass is 10.1. The smallest absolute Gasteiger partial charge is 0.148 e. The van der Waals surface area contributed by atoms with Crippen molar-refractivity contribution in [2.24, 2.45) is 5.73 Å². The van der Waals surface area contributed by atoms with Crippen molar-refractivity contribution in [3.63, 3.8) is 0 Å². The summed E-state index contributed by atoms with van der Waals surface area (Å²) in [6.45, 7) is 2.04. The van der Waals surface area contributed by atoms with Gasteiger partial charge in [0.25, 0.3) is 0 Å². The summed E-state index contributed by atoms with van der Waals surface area (Å²) in [4.78, 5) is 3.99. The van der Waals surface area contributed by atoms with E-state index in [0.29, 0.717) is 5.75 Å². The van der Waals surface area contributed by atoms with Gasteiger partial charge in [-0.1, -0.05) is 6.92 Å². The van der Waals surface area contributed by atoms with Crippen LogP contribution >= 0.6 is 11.8 Å². The summed E-state index contributed by atoms with van der Waals surface area (Å²) in [7, 11) is -2.91. The molecule has 0 fully saturated rings. The first kappa shape index (κ1) is 15.5. The van der Waals surface area contributed by atoms with E-state index in [2.05, 4.69) is 4.98 Å². The van der Waals surface area contributed by atoms with E-state index in [1.54, 1.807) is 24.2 Å². The topological polar surface area (TPSA) is 73.1 Å². The lowest BCUT2D eigenvalue weighted by Crippen LogP contribution is -2.26. The van der Waals surface area contributed by atoms with Gasteiger partial charge < -0.3 is 5.73 Å². The van der Waals surface area contributed by atoms with Gasteiger partial charge in [-0.05, 0) is 24.1 Å². The zero-order chi connectivity index (χ0) is 13.6. The SMILES string of the molecule is CCC(N)C(SCCS(C)(=O)=O)c1ccncc1. The predicted octanol–water partition coefficient (Wildman–Crippen LogP) is 1.64. The van der Waals surface area contributed by atoms with E-state index < -0.39 is 9.84 Å². The van der Waals surface area contributed by atoms with E-state index in [9.17, 15) is 8.42 Å². The van der Waals surface area contributed by atoms with Gasteiger partial charge in [-0.25, -0.2) is 8.42 Å². The van der Waals surface area contributed by atoms with E-state index in [1.165, 1.54) is 6.26 Å². The van der Waals surface area contributed by atoms with Crippen molar-refractivity contribution in [3.8, 4) is 0 Å². The number of nitrogens with two attached hydrogens (primary N) is 1. The normalized spacial score (nSPS) is 15.3. The van der Waals surface area contributed by atoms with Crippen LogP contribution in [0.5, 0.6) is 0 Å². The monoisotopic (exact) mass is 288 g/mol. The third-order valence-corrected chi connectivity index (χ3v) is 5.27. The van der Waals surface area contributed by atoms with Crippen molar-refractivity contribution < 1.29 is 8.42 Å². The maximum atomic E-state index is 11.1. The Morgan fingerprint density at radius 1 is 1.39 bits per heavy atom. The van der Waals surface area contributed by atoms with Crippen LogP contribution in [0.3, 0.4) is 0 Å². The average Bonchev–Trinajstić information content (AvgIpc) is 2.33. The summed E-state index contributed by atoms with van der Waals surface area (Å²) in [6.07, 6.45) is 5.59. The third-order valence-electron chi connectivity index (χ3n) is 2.65. The molecule has 1 aromatic heterocycles. The Hall–Kier alpha value is -0.590. The molecule has 2 atom stereocenters. The van der Waals surface area contributed by atoms with Gasteiger partial charge in [0.15, 0.2) is 0 Å². The molecular formula is C12H20N2O2S2. The van der Waals surface area contributed by atoms with Gasteiger partial charge in [-0.15, -0.1) is 0 Å². The summed E-state index contributed by atoms with van der Waals surface area (Å²) < 4.78 is 22.3. The molecular weight excluding hydrogens is 268 g/mol. The van der Waals surface area contributed by atoms with Gasteiger partial charge >= 0.3 is 0 Å². The van der Waals surface area contributed by atoms with Crippen LogP contribution in [0.15, 0.2) is 24.5 Å². The lowest BCUT2D eigenvalue weighted by Gasteiger charge is -2.22. The molecule has 6 heteroatoms. The molecule has 0 amide bonds. The third kappa shape index (κ3) is 5.37. The molecule has 1 heterocycles. The summed E-state index contributed by atoms with van der Waals surface area (Å²) >= 11 is 1.60. The Kier molecular flexibility index (Phi) is 6.11. The van der Waals surface area contributed by atoms with Gasteiger partial charge in [0.05, 0.1) is 5.75 Å². The fourth-order valence-corrected chi connectivity index (χ4v) is 4.20. The van der Waals surface area contributed by atoms with Crippen molar-refractivity contribution in [1.29, 1.82) is 0 Å². The molecule has 0 aliphatic rings. The highest BCUT2D eigenvalue weighted by Crippen LogP contribution is 2.32. The highest BCUT2D eigenvalue weighted by molar-refractivity contribution is 8.00. The fraction of sp³-hybridized carbons (Fsp3) is 0.583.